The van der Waals surface area contributed by atoms with Crippen molar-refractivity contribution in [2.75, 3.05) is 46.4 Å². The first-order valence-electron chi connectivity index (χ1n) is 7.47. The van der Waals surface area contributed by atoms with Crippen LogP contribution < -0.4 is 4.74 Å². The molecular weight excluding hydrogens is 334 g/mol. The van der Waals surface area contributed by atoms with Crippen LogP contribution in [0.1, 0.15) is 5.56 Å². The first-order chi connectivity index (χ1) is 11.7. The third-order valence-corrected chi connectivity index (χ3v) is 4.33. The van der Waals surface area contributed by atoms with Crippen molar-refractivity contribution in [3.8, 4) is 11.5 Å². The molecule has 0 bridgehead atoms. The van der Waals surface area contributed by atoms with Gasteiger partial charge in [0.15, 0.2) is 6.04 Å². The number of aliphatic imine (C=N–C) groups is 1. The number of esters is 1. The van der Waals surface area contributed by atoms with Gasteiger partial charge in [0, 0.05) is 24.5 Å². The molecule has 0 amide bonds. The lowest BCUT2D eigenvalue weighted by atomic mass is 10.2. The highest BCUT2D eigenvalue weighted by atomic mass is 32.2. The van der Waals surface area contributed by atoms with E-state index in [0.29, 0.717) is 48.5 Å². The normalized spacial score (nSPS) is 16.8. The van der Waals surface area contributed by atoms with Crippen LogP contribution in [0.15, 0.2) is 23.2 Å². The number of carbonyl (C=O) groups is 1. The highest BCUT2D eigenvalue weighted by molar-refractivity contribution is 8.14. The Labute approximate surface area is 145 Å². The summed E-state index contributed by atoms with van der Waals surface area (Å²) < 4.78 is 20.4. The molecule has 1 atom stereocenters. The molecule has 8 heteroatoms. The average molecular weight is 355 g/mol. The van der Waals surface area contributed by atoms with Gasteiger partial charge >= 0.3 is 5.97 Å². The number of phenolic OH excluding ortho intramolecular Hbond substituents is 1. The molecule has 0 saturated heterocycles. The highest BCUT2D eigenvalue weighted by Crippen LogP contribution is 2.31. The first kappa shape index (κ1) is 18.6. The summed E-state index contributed by atoms with van der Waals surface area (Å²) in [4.78, 5) is 15.8. The molecule has 0 aliphatic carbocycles. The zero-order valence-electron chi connectivity index (χ0n) is 13.7. The number of thioether (sulfide) groups is 1. The minimum atomic E-state index is -0.519. The van der Waals surface area contributed by atoms with Gasteiger partial charge in [-0.15, -0.1) is 11.8 Å². The summed E-state index contributed by atoms with van der Waals surface area (Å²) in [6.07, 6.45) is 0. The Balaban J connectivity index is 1.89. The van der Waals surface area contributed by atoms with Crippen LogP contribution in [0.3, 0.4) is 0 Å². The number of methoxy groups -OCH3 is 2. The Morgan fingerprint density at radius 1 is 1.29 bits per heavy atom. The molecule has 1 heterocycles. The second-order valence-electron chi connectivity index (χ2n) is 4.92. The number of hydrogen-bond acceptors (Lipinski definition) is 8. The summed E-state index contributed by atoms with van der Waals surface area (Å²) in [6.45, 7) is 1.88. The van der Waals surface area contributed by atoms with Crippen molar-refractivity contribution in [1.82, 2.24) is 0 Å². The largest absolute Gasteiger partial charge is 0.507 e. The number of aromatic hydroxyl groups is 1. The van der Waals surface area contributed by atoms with Gasteiger partial charge in [0.1, 0.15) is 23.1 Å². The van der Waals surface area contributed by atoms with E-state index in [-0.39, 0.29) is 11.7 Å². The Morgan fingerprint density at radius 2 is 2.08 bits per heavy atom. The van der Waals surface area contributed by atoms with E-state index in [1.54, 1.807) is 19.2 Å². The second-order valence-corrected chi connectivity index (χ2v) is 5.93. The van der Waals surface area contributed by atoms with E-state index in [2.05, 4.69) is 9.73 Å². The Hall–Kier alpha value is -1.77. The van der Waals surface area contributed by atoms with Gasteiger partial charge in [-0.25, -0.2) is 4.79 Å². The van der Waals surface area contributed by atoms with Crippen molar-refractivity contribution in [1.29, 1.82) is 0 Å². The van der Waals surface area contributed by atoms with Crippen LogP contribution in [0.4, 0.5) is 0 Å². The molecule has 24 heavy (non-hydrogen) atoms. The summed E-state index contributed by atoms with van der Waals surface area (Å²) in [7, 11) is 2.95. The highest BCUT2D eigenvalue weighted by Gasteiger charge is 2.27. The second kappa shape index (κ2) is 9.51. The fourth-order valence-corrected chi connectivity index (χ4v) is 3.08. The molecule has 1 aromatic rings. The summed E-state index contributed by atoms with van der Waals surface area (Å²) in [6, 6.07) is 4.48. The predicted octanol–water partition coefficient (Wildman–Crippen LogP) is 1.47. The maximum Gasteiger partial charge on any atom is 0.331 e. The van der Waals surface area contributed by atoms with Crippen molar-refractivity contribution < 1.29 is 28.8 Å². The van der Waals surface area contributed by atoms with E-state index >= 15 is 0 Å². The van der Waals surface area contributed by atoms with Crippen molar-refractivity contribution in [3.63, 3.8) is 0 Å². The van der Waals surface area contributed by atoms with Gasteiger partial charge < -0.3 is 24.1 Å². The van der Waals surface area contributed by atoms with Gasteiger partial charge in [-0.3, -0.25) is 4.99 Å². The molecular formula is C16H21NO6S. The quantitative estimate of drug-likeness (QED) is 0.530. The van der Waals surface area contributed by atoms with Crippen LogP contribution >= 0.6 is 11.8 Å². The summed E-state index contributed by atoms with van der Waals surface area (Å²) in [5, 5.41) is 10.8. The zero-order chi connectivity index (χ0) is 17.4. The van der Waals surface area contributed by atoms with Gasteiger partial charge in [-0.05, 0) is 12.1 Å². The molecule has 0 spiro atoms. The molecule has 1 aromatic carbocycles. The summed E-state index contributed by atoms with van der Waals surface area (Å²) in [5.74, 6) is 0.744. The van der Waals surface area contributed by atoms with Gasteiger partial charge in [0.05, 0.1) is 26.9 Å². The van der Waals surface area contributed by atoms with Crippen molar-refractivity contribution >= 4 is 22.8 Å². The van der Waals surface area contributed by atoms with Crippen molar-refractivity contribution in [2.24, 2.45) is 4.99 Å². The lowest BCUT2D eigenvalue weighted by Crippen LogP contribution is -2.19. The zero-order valence-corrected chi connectivity index (χ0v) is 14.5. The molecule has 7 nitrogen and oxygen atoms in total. The lowest BCUT2D eigenvalue weighted by Gasteiger charge is -2.09. The molecule has 0 saturated carbocycles. The molecule has 2 rings (SSSR count). The molecule has 0 aromatic heterocycles. The SMILES string of the molecule is COCCOCCOc1ccc(C2=NC(C(=O)OC)CS2)c(O)c1. The number of hydrogen-bond donors (Lipinski definition) is 1. The van der Waals surface area contributed by atoms with Crippen molar-refractivity contribution in [2.45, 2.75) is 6.04 Å². The average Bonchev–Trinajstić information content (AvgIpc) is 3.07. The van der Waals surface area contributed by atoms with Crippen LogP contribution in [0.5, 0.6) is 11.5 Å². The number of nitrogens with zero attached hydrogens (tertiary/aromatic N) is 1. The van der Waals surface area contributed by atoms with Gasteiger partial charge in [-0.1, -0.05) is 0 Å². The van der Waals surface area contributed by atoms with Gasteiger partial charge in [0.2, 0.25) is 0 Å². The summed E-state index contributed by atoms with van der Waals surface area (Å²) >= 11 is 1.41. The molecule has 1 unspecified atom stereocenters. The van der Waals surface area contributed by atoms with E-state index in [1.807, 2.05) is 0 Å². The maximum absolute atomic E-state index is 11.5. The van der Waals surface area contributed by atoms with Crippen LogP contribution in [0.25, 0.3) is 0 Å². The molecule has 132 valence electrons. The maximum atomic E-state index is 11.5. The van der Waals surface area contributed by atoms with Crippen LogP contribution in [-0.4, -0.2) is 68.6 Å². The van der Waals surface area contributed by atoms with E-state index in [4.69, 9.17) is 14.2 Å². The molecule has 1 aliphatic rings. The van der Waals surface area contributed by atoms with Crippen LogP contribution in [0.2, 0.25) is 0 Å². The number of rotatable bonds is 9. The first-order valence-corrected chi connectivity index (χ1v) is 8.45. The van der Waals surface area contributed by atoms with Crippen LogP contribution in [0, 0.1) is 0 Å². The smallest absolute Gasteiger partial charge is 0.331 e. The monoisotopic (exact) mass is 355 g/mol. The molecule has 1 N–H and O–H groups in total. The predicted molar refractivity (Wildman–Crippen MR) is 91.1 cm³/mol. The molecule has 0 radical (unpaired) electrons. The Kier molecular flexibility index (Phi) is 7.36. The number of phenols is 1. The minimum absolute atomic E-state index is 0.0598. The fraction of sp³-hybridized carbons (Fsp3) is 0.500. The van der Waals surface area contributed by atoms with Gasteiger partial charge in [-0.2, -0.15) is 0 Å². The van der Waals surface area contributed by atoms with Crippen molar-refractivity contribution in [3.05, 3.63) is 23.8 Å². The Morgan fingerprint density at radius 3 is 2.79 bits per heavy atom. The van der Waals surface area contributed by atoms with E-state index in [0.717, 1.165) is 0 Å². The van der Waals surface area contributed by atoms with Crippen LogP contribution in [-0.2, 0) is 19.0 Å². The minimum Gasteiger partial charge on any atom is -0.507 e. The van der Waals surface area contributed by atoms with Gasteiger partial charge in [0.25, 0.3) is 0 Å². The standard InChI is InChI=1S/C16H21NO6S/c1-20-5-6-22-7-8-23-11-3-4-12(14(18)9-11)15-17-13(10-24-15)16(19)21-2/h3-4,9,13,18H,5-8,10H2,1-2H3. The number of ether oxygens (including phenoxy) is 4. The van der Waals surface area contributed by atoms with E-state index in [1.165, 1.54) is 24.9 Å². The number of benzene rings is 1. The molecule has 1 aliphatic heterocycles. The fourth-order valence-electron chi connectivity index (χ4n) is 2.02. The number of carbonyl (C=O) groups excluding carboxylic acids is 1. The summed E-state index contributed by atoms with van der Waals surface area (Å²) in [5.41, 5.74) is 0.579. The van der Waals surface area contributed by atoms with E-state index < -0.39 is 6.04 Å². The van der Waals surface area contributed by atoms with E-state index in [9.17, 15) is 9.90 Å². The third-order valence-electron chi connectivity index (χ3n) is 3.25. The third kappa shape index (κ3) is 5.12. The Bertz CT molecular complexity index is 592. The molecule has 0 fully saturated rings. The topological polar surface area (TPSA) is 86.6 Å². The lowest BCUT2D eigenvalue weighted by molar-refractivity contribution is -0.141.